The van der Waals surface area contributed by atoms with Crippen LogP contribution in [0, 0.1) is 0 Å². The molecule has 2 aliphatic heterocycles. The number of nitrogens with zero attached hydrogens (tertiary/aromatic N) is 1. The first-order valence-corrected chi connectivity index (χ1v) is 13.2. The van der Waals surface area contributed by atoms with Crippen molar-refractivity contribution < 1.29 is 43.9 Å². The van der Waals surface area contributed by atoms with Gasteiger partial charge in [-0.3, -0.25) is 0 Å². The summed E-state index contributed by atoms with van der Waals surface area (Å²) in [5.74, 6) is -1.81. The summed E-state index contributed by atoms with van der Waals surface area (Å²) in [5, 5.41) is 37.0. The number of aliphatic hydroxyl groups excluding tert-OH is 3. The molecular weight excluding hydrogens is 530 g/mol. The monoisotopic (exact) mass is 563 g/mol. The predicted octanol–water partition coefficient (Wildman–Crippen LogP) is 3.29. The maximum Gasteiger partial charge on any atom is 0.508 e. The standard InChI is InChI=1S/C28H34ClNO9/c1-4-12-36-26(34)37-15-27-16-38-28(39-27,25(33)23(31)24(27)32)20-10-11-21(29)19(14-20)13-17-6-8-18(9-7-17)22(5-2)30-35-3/h6-11,14,23-25,31-33H,4-5,12-13,15-16H2,1-3H3/b30-22+/t23-,24-,25+,27-,28-/m0/s1. The number of hydrogen-bond acceptors (Lipinski definition) is 10. The van der Waals surface area contributed by atoms with Crippen molar-refractivity contribution in [1.29, 1.82) is 0 Å². The quantitative estimate of drug-likeness (QED) is 0.226. The van der Waals surface area contributed by atoms with Gasteiger partial charge in [0.1, 0.15) is 32.0 Å². The van der Waals surface area contributed by atoms with Gasteiger partial charge in [0.05, 0.1) is 18.9 Å². The van der Waals surface area contributed by atoms with Gasteiger partial charge in [0.15, 0.2) is 5.60 Å². The first kappa shape index (κ1) is 29.3. The Kier molecular flexibility index (Phi) is 9.15. The molecule has 2 saturated heterocycles. The molecule has 5 atom stereocenters. The summed E-state index contributed by atoms with van der Waals surface area (Å²) in [6, 6.07) is 12.9. The van der Waals surface area contributed by atoms with Crippen LogP contribution in [-0.2, 0) is 36.0 Å². The summed E-state index contributed by atoms with van der Waals surface area (Å²) in [4.78, 5) is 16.8. The van der Waals surface area contributed by atoms with Crippen molar-refractivity contribution in [3.63, 3.8) is 0 Å². The number of halogens is 1. The van der Waals surface area contributed by atoms with Crippen LogP contribution in [-0.4, -0.2) is 78.0 Å². The van der Waals surface area contributed by atoms with Crippen LogP contribution < -0.4 is 0 Å². The van der Waals surface area contributed by atoms with Crippen molar-refractivity contribution in [2.45, 2.75) is 62.8 Å². The average molecular weight is 564 g/mol. The van der Waals surface area contributed by atoms with Crippen LogP contribution in [0.15, 0.2) is 47.6 Å². The Labute approximate surface area is 232 Å². The van der Waals surface area contributed by atoms with Gasteiger partial charge >= 0.3 is 6.16 Å². The van der Waals surface area contributed by atoms with Crippen LogP contribution in [0.2, 0.25) is 5.02 Å². The van der Waals surface area contributed by atoms with E-state index in [4.69, 9.17) is 35.4 Å². The fourth-order valence-electron chi connectivity index (χ4n) is 4.86. The van der Waals surface area contributed by atoms with E-state index >= 15 is 0 Å². The lowest BCUT2D eigenvalue weighted by atomic mass is 9.83. The zero-order chi connectivity index (χ0) is 28.2. The molecule has 0 radical (unpaired) electrons. The third kappa shape index (κ3) is 5.77. The minimum atomic E-state index is -1.81. The van der Waals surface area contributed by atoms with E-state index in [1.165, 1.54) is 7.11 Å². The van der Waals surface area contributed by atoms with Gasteiger partial charge < -0.3 is 39.1 Å². The minimum Gasteiger partial charge on any atom is -0.434 e. The molecule has 0 aromatic heterocycles. The number of hydrogen-bond donors (Lipinski definition) is 3. The topological polar surface area (TPSA) is 136 Å². The molecule has 2 heterocycles. The molecule has 39 heavy (non-hydrogen) atoms. The first-order chi connectivity index (χ1) is 18.7. The van der Waals surface area contributed by atoms with Gasteiger partial charge in [-0.05, 0) is 48.1 Å². The summed E-state index contributed by atoms with van der Waals surface area (Å²) >= 11 is 6.53. The molecule has 3 N–H and O–H groups in total. The normalized spacial score (nSPS) is 28.3. The van der Waals surface area contributed by atoms with Gasteiger partial charge in [-0.15, -0.1) is 0 Å². The van der Waals surface area contributed by atoms with Crippen LogP contribution >= 0.6 is 11.6 Å². The van der Waals surface area contributed by atoms with Gasteiger partial charge in [0.25, 0.3) is 0 Å². The molecule has 10 nitrogen and oxygen atoms in total. The number of aliphatic hydroxyl groups is 3. The van der Waals surface area contributed by atoms with Crippen molar-refractivity contribution in [3.05, 3.63) is 69.7 Å². The Morgan fingerprint density at radius 2 is 1.85 bits per heavy atom. The second kappa shape index (κ2) is 12.2. The second-order valence-electron chi connectivity index (χ2n) is 9.64. The molecule has 2 aromatic carbocycles. The fraction of sp³-hybridized carbons (Fsp3) is 0.500. The van der Waals surface area contributed by atoms with Crippen molar-refractivity contribution in [2.24, 2.45) is 5.16 Å². The van der Waals surface area contributed by atoms with Crippen LogP contribution in [0.3, 0.4) is 0 Å². The van der Waals surface area contributed by atoms with E-state index in [1.54, 1.807) is 18.2 Å². The molecule has 2 fully saturated rings. The maximum absolute atomic E-state index is 11.9. The van der Waals surface area contributed by atoms with Crippen LogP contribution in [0.5, 0.6) is 0 Å². The van der Waals surface area contributed by atoms with Crippen LogP contribution in [0.25, 0.3) is 0 Å². The second-order valence-corrected chi connectivity index (χ2v) is 10.1. The van der Waals surface area contributed by atoms with E-state index in [-0.39, 0.29) is 13.2 Å². The Balaban J connectivity index is 1.58. The average Bonchev–Trinajstić information content (AvgIpc) is 3.33. The molecule has 11 heteroatoms. The van der Waals surface area contributed by atoms with E-state index in [1.807, 2.05) is 38.1 Å². The highest BCUT2D eigenvalue weighted by Crippen LogP contribution is 2.50. The maximum atomic E-state index is 11.9. The highest BCUT2D eigenvalue weighted by atomic mass is 35.5. The lowest BCUT2D eigenvalue weighted by molar-refractivity contribution is -0.329. The predicted molar refractivity (Wildman–Crippen MR) is 142 cm³/mol. The van der Waals surface area contributed by atoms with Gasteiger partial charge in [0, 0.05) is 10.6 Å². The van der Waals surface area contributed by atoms with E-state index in [0.29, 0.717) is 23.4 Å². The van der Waals surface area contributed by atoms with Crippen LogP contribution in [0.1, 0.15) is 48.9 Å². The summed E-state index contributed by atoms with van der Waals surface area (Å²) in [6.45, 7) is 3.32. The number of oxime groups is 1. The summed E-state index contributed by atoms with van der Waals surface area (Å²) in [6.07, 6.45) is -3.98. The number of carbonyl (C=O) groups is 1. The Hall–Kier alpha value is -2.73. The van der Waals surface area contributed by atoms with Gasteiger partial charge in [-0.1, -0.05) is 60.9 Å². The zero-order valence-corrected chi connectivity index (χ0v) is 22.9. The van der Waals surface area contributed by atoms with Crippen molar-refractivity contribution in [1.82, 2.24) is 0 Å². The highest BCUT2D eigenvalue weighted by Gasteiger charge is 2.67. The Morgan fingerprint density at radius 3 is 2.51 bits per heavy atom. The number of rotatable bonds is 10. The number of benzene rings is 2. The largest absolute Gasteiger partial charge is 0.508 e. The third-order valence-corrected chi connectivity index (χ3v) is 7.35. The molecule has 4 rings (SSSR count). The minimum absolute atomic E-state index is 0.174. The summed E-state index contributed by atoms with van der Waals surface area (Å²) in [7, 11) is 1.51. The number of carbonyl (C=O) groups excluding carboxylic acids is 1. The molecule has 0 aliphatic carbocycles. The van der Waals surface area contributed by atoms with Gasteiger partial charge in [-0.2, -0.15) is 0 Å². The zero-order valence-electron chi connectivity index (χ0n) is 22.1. The smallest absolute Gasteiger partial charge is 0.434 e. The van der Waals surface area contributed by atoms with Gasteiger partial charge in [-0.25, -0.2) is 4.79 Å². The molecular formula is C28H34ClNO9. The highest BCUT2D eigenvalue weighted by molar-refractivity contribution is 6.31. The number of ether oxygens (including phenoxy) is 4. The molecule has 0 unspecified atom stereocenters. The Bertz CT molecular complexity index is 1190. The third-order valence-electron chi connectivity index (χ3n) is 6.99. The SMILES string of the molecule is CCCOC(=O)OC[C@@]12CO[C@@](c3ccc(Cl)c(Cc4ccc(/C(CC)=N/OC)cc4)c3)(O1)[C@H](O)[C@@H](O)[C@@H]2O. The van der Waals surface area contributed by atoms with Crippen molar-refractivity contribution >= 4 is 23.5 Å². The van der Waals surface area contributed by atoms with E-state index < -0.39 is 42.5 Å². The molecule has 2 aliphatic rings. The Morgan fingerprint density at radius 1 is 1.10 bits per heavy atom. The summed E-state index contributed by atoms with van der Waals surface area (Å²) < 4.78 is 22.2. The van der Waals surface area contributed by atoms with E-state index in [9.17, 15) is 20.1 Å². The molecule has 0 saturated carbocycles. The van der Waals surface area contributed by atoms with Crippen molar-refractivity contribution in [2.75, 3.05) is 26.9 Å². The molecule has 2 aromatic rings. The first-order valence-electron chi connectivity index (χ1n) is 12.9. The summed E-state index contributed by atoms with van der Waals surface area (Å²) in [5.41, 5.74) is 2.27. The number of fused-ring (bicyclic) bond motifs is 2. The van der Waals surface area contributed by atoms with Crippen molar-refractivity contribution in [3.8, 4) is 0 Å². The van der Waals surface area contributed by atoms with Crippen LogP contribution in [0.4, 0.5) is 4.79 Å². The molecule has 0 spiro atoms. The lowest BCUT2D eigenvalue weighted by Gasteiger charge is -2.46. The molecule has 0 amide bonds. The van der Waals surface area contributed by atoms with E-state index in [0.717, 1.165) is 28.8 Å². The molecule has 212 valence electrons. The van der Waals surface area contributed by atoms with Gasteiger partial charge in [0.2, 0.25) is 5.79 Å². The van der Waals surface area contributed by atoms with E-state index in [2.05, 4.69) is 5.16 Å². The fourth-order valence-corrected chi connectivity index (χ4v) is 5.05. The molecule has 2 bridgehead atoms. The lowest BCUT2D eigenvalue weighted by Crippen LogP contribution is -2.65.